The molecule has 2 aromatic rings. The molecule has 2 rings (SSSR count). The van der Waals surface area contributed by atoms with E-state index in [1.165, 1.54) is 0 Å². The molecule has 0 spiro atoms. The lowest BCUT2D eigenvalue weighted by Gasteiger charge is -2.01. The second kappa shape index (κ2) is 4.24. The fourth-order valence-electron chi connectivity index (χ4n) is 1.19. The lowest BCUT2D eigenvalue weighted by molar-refractivity contribution is 1.10. The second-order valence-electron chi connectivity index (χ2n) is 3.05. The first-order valence-electron chi connectivity index (χ1n) is 4.27. The van der Waals surface area contributed by atoms with Gasteiger partial charge in [0.05, 0.1) is 0 Å². The molecule has 0 aromatic carbocycles. The molecule has 0 saturated carbocycles. The highest BCUT2D eigenvalue weighted by Crippen LogP contribution is 2.20. The van der Waals surface area contributed by atoms with Crippen molar-refractivity contribution < 1.29 is 0 Å². The highest BCUT2D eigenvalue weighted by molar-refractivity contribution is 9.10. The molecule has 3 nitrogen and oxygen atoms in total. The van der Waals surface area contributed by atoms with Gasteiger partial charge in [-0.3, -0.25) is 4.98 Å². The normalized spacial score (nSPS) is 10.3. The van der Waals surface area contributed by atoms with Crippen molar-refractivity contribution in [1.29, 1.82) is 0 Å². The van der Waals surface area contributed by atoms with E-state index in [0.717, 1.165) is 15.7 Å². The minimum Gasteiger partial charge on any atom is -0.263 e. The van der Waals surface area contributed by atoms with E-state index in [4.69, 9.17) is 11.6 Å². The van der Waals surface area contributed by atoms with Crippen LogP contribution < -0.4 is 0 Å². The Morgan fingerprint density at radius 3 is 2.67 bits per heavy atom. The summed E-state index contributed by atoms with van der Waals surface area (Å²) in [5.74, 6) is 0.591. The number of rotatable bonds is 1. The highest BCUT2D eigenvalue weighted by atomic mass is 79.9. The Bertz CT molecular complexity index is 482. The van der Waals surface area contributed by atoms with Crippen LogP contribution in [0.5, 0.6) is 0 Å². The number of hydrogen-bond acceptors (Lipinski definition) is 3. The van der Waals surface area contributed by atoms with Crippen molar-refractivity contribution in [3.63, 3.8) is 0 Å². The van der Waals surface area contributed by atoms with Gasteiger partial charge in [0, 0.05) is 28.1 Å². The van der Waals surface area contributed by atoms with Crippen molar-refractivity contribution in [3.8, 4) is 11.4 Å². The van der Waals surface area contributed by atoms with Crippen molar-refractivity contribution in [2.24, 2.45) is 0 Å². The third-order valence-corrected chi connectivity index (χ3v) is 2.41. The van der Waals surface area contributed by atoms with Gasteiger partial charge in [-0.2, -0.15) is 0 Å². The molecule has 0 atom stereocenters. The van der Waals surface area contributed by atoms with Crippen LogP contribution in [0.15, 0.2) is 29.0 Å². The minimum atomic E-state index is 0.442. The van der Waals surface area contributed by atoms with Crippen LogP contribution in [0.1, 0.15) is 5.69 Å². The van der Waals surface area contributed by atoms with Crippen LogP contribution in [0.2, 0.25) is 5.15 Å². The molecular formula is C10H7BrClN3. The molecule has 0 aliphatic heterocycles. The van der Waals surface area contributed by atoms with Crippen LogP contribution in [0, 0.1) is 6.92 Å². The number of halogens is 2. The number of hydrogen-bond donors (Lipinski definition) is 0. The van der Waals surface area contributed by atoms with Gasteiger partial charge >= 0.3 is 0 Å². The van der Waals surface area contributed by atoms with Gasteiger partial charge in [-0.05, 0) is 35.0 Å². The highest BCUT2D eigenvalue weighted by Gasteiger charge is 2.04. The van der Waals surface area contributed by atoms with Gasteiger partial charge in [0.2, 0.25) is 0 Å². The molecule has 0 bridgehead atoms. The van der Waals surface area contributed by atoms with Crippen LogP contribution in [0.4, 0.5) is 0 Å². The molecule has 5 heteroatoms. The summed E-state index contributed by atoms with van der Waals surface area (Å²) in [5, 5.41) is 0.442. The molecular weight excluding hydrogens is 277 g/mol. The predicted molar refractivity (Wildman–Crippen MR) is 62.7 cm³/mol. The van der Waals surface area contributed by atoms with Crippen molar-refractivity contribution in [2.75, 3.05) is 0 Å². The molecule has 15 heavy (non-hydrogen) atoms. The molecule has 0 fully saturated rings. The molecule has 2 aromatic heterocycles. The van der Waals surface area contributed by atoms with Crippen molar-refractivity contribution in [3.05, 3.63) is 39.8 Å². The van der Waals surface area contributed by atoms with Gasteiger partial charge in [0.25, 0.3) is 0 Å². The number of pyridine rings is 1. The minimum absolute atomic E-state index is 0.442. The summed E-state index contributed by atoms with van der Waals surface area (Å²) in [4.78, 5) is 12.5. The maximum absolute atomic E-state index is 5.86. The Kier molecular flexibility index (Phi) is 2.98. The van der Waals surface area contributed by atoms with E-state index in [1.54, 1.807) is 18.5 Å². The van der Waals surface area contributed by atoms with Crippen LogP contribution >= 0.6 is 27.5 Å². The van der Waals surface area contributed by atoms with E-state index in [-0.39, 0.29) is 0 Å². The first-order valence-corrected chi connectivity index (χ1v) is 5.44. The first-order chi connectivity index (χ1) is 7.15. The quantitative estimate of drug-likeness (QED) is 0.755. The number of aromatic nitrogens is 3. The average molecular weight is 285 g/mol. The molecule has 76 valence electrons. The van der Waals surface area contributed by atoms with Gasteiger partial charge in [-0.1, -0.05) is 11.6 Å². The maximum atomic E-state index is 5.86. The third kappa shape index (κ3) is 2.52. The fourth-order valence-corrected chi connectivity index (χ4v) is 1.80. The molecule has 0 aliphatic rings. The summed E-state index contributed by atoms with van der Waals surface area (Å²) in [7, 11) is 0. The van der Waals surface area contributed by atoms with Gasteiger partial charge in [-0.25, -0.2) is 9.97 Å². The van der Waals surface area contributed by atoms with Gasteiger partial charge < -0.3 is 0 Å². The van der Waals surface area contributed by atoms with Gasteiger partial charge in [0.1, 0.15) is 5.15 Å². The summed E-state index contributed by atoms with van der Waals surface area (Å²) in [5.41, 5.74) is 1.68. The zero-order valence-electron chi connectivity index (χ0n) is 7.91. The molecule has 0 amide bonds. The van der Waals surface area contributed by atoms with E-state index in [9.17, 15) is 0 Å². The van der Waals surface area contributed by atoms with Crippen LogP contribution in [0.3, 0.4) is 0 Å². The standard InChI is InChI=1S/C10H7BrClN3/c1-6-2-9(12)15-10(14-6)7-3-8(11)5-13-4-7/h2-5H,1H3. The SMILES string of the molecule is Cc1cc(Cl)nc(-c2cncc(Br)c2)n1. The van der Waals surface area contributed by atoms with E-state index >= 15 is 0 Å². The van der Waals surface area contributed by atoms with Crippen LogP contribution in [0.25, 0.3) is 11.4 Å². The van der Waals surface area contributed by atoms with Gasteiger partial charge in [-0.15, -0.1) is 0 Å². The Hall–Kier alpha value is -1.00. The predicted octanol–water partition coefficient (Wildman–Crippen LogP) is 3.26. The lowest BCUT2D eigenvalue weighted by atomic mass is 10.2. The Morgan fingerprint density at radius 2 is 2.00 bits per heavy atom. The second-order valence-corrected chi connectivity index (χ2v) is 4.35. The van der Waals surface area contributed by atoms with E-state index in [1.807, 2.05) is 13.0 Å². The number of nitrogens with zero attached hydrogens (tertiary/aromatic N) is 3. The molecule has 0 aliphatic carbocycles. The summed E-state index contributed by atoms with van der Waals surface area (Å²) in [6.45, 7) is 1.88. The maximum Gasteiger partial charge on any atom is 0.162 e. The van der Waals surface area contributed by atoms with E-state index in [0.29, 0.717) is 11.0 Å². The fraction of sp³-hybridized carbons (Fsp3) is 0.100. The summed E-state index contributed by atoms with van der Waals surface area (Å²) in [6, 6.07) is 3.62. The Balaban J connectivity index is 2.54. The monoisotopic (exact) mass is 283 g/mol. The summed E-state index contributed by atoms with van der Waals surface area (Å²) >= 11 is 9.20. The van der Waals surface area contributed by atoms with Gasteiger partial charge in [0.15, 0.2) is 5.82 Å². The molecule has 0 saturated heterocycles. The topological polar surface area (TPSA) is 38.7 Å². The van der Waals surface area contributed by atoms with E-state index in [2.05, 4.69) is 30.9 Å². The van der Waals surface area contributed by atoms with Crippen molar-refractivity contribution >= 4 is 27.5 Å². The number of aryl methyl sites for hydroxylation is 1. The molecule has 0 N–H and O–H groups in total. The Labute approximate surface area is 101 Å². The zero-order chi connectivity index (χ0) is 10.8. The third-order valence-electron chi connectivity index (χ3n) is 1.79. The van der Waals surface area contributed by atoms with Crippen LogP contribution in [-0.4, -0.2) is 15.0 Å². The largest absolute Gasteiger partial charge is 0.263 e. The summed E-state index contributed by atoms with van der Waals surface area (Å²) < 4.78 is 0.890. The molecule has 2 heterocycles. The average Bonchev–Trinajstić information content (AvgIpc) is 2.16. The Morgan fingerprint density at radius 1 is 1.20 bits per heavy atom. The summed E-state index contributed by atoms with van der Waals surface area (Å²) in [6.07, 6.45) is 3.41. The first kappa shape index (κ1) is 10.5. The molecule has 0 radical (unpaired) electrons. The van der Waals surface area contributed by atoms with Crippen molar-refractivity contribution in [2.45, 2.75) is 6.92 Å². The smallest absolute Gasteiger partial charge is 0.162 e. The van der Waals surface area contributed by atoms with E-state index < -0.39 is 0 Å². The molecule has 0 unspecified atom stereocenters. The lowest BCUT2D eigenvalue weighted by Crippen LogP contribution is -1.92. The van der Waals surface area contributed by atoms with Crippen LogP contribution in [-0.2, 0) is 0 Å². The van der Waals surface area contributed by atoms with Crippen molar-refractivity contribution in [1.82, 2.24) is 15.0 Å². The zero-order valence-corrected chi connectivity index (χ0v) is 10.2.